The van der Waals surface area contributed by atoms with Crippen molar-refractivity contribution < 1.29 is 4.79 Å². The number of amides is 1. The Hall–Kier alpha value is -1.39. The van der Waals surface area contributed by atoms with E-state index in [1.165, 1.54) is 5.56 Å². The van der Waals surface area contributed by atoms with E-state index < -0.39 is 0 Å². The van der Waals surface area contributed by atoms with E-state index in [0.717, 1.165) is 44.8 Å². The largest absolute Gasteiger partial charge is 0.339 e. The van der Waals surface area contributed by atoms with Gasteiger partial charge in [-0.2, -0.15) is 0 Å². The van der Waals surface area contributed by atoms with Gasteiger partial charge in [-0.25, -0.2) is 0 Å². The minimum atomic E-state index is 0.264. The lowest BCUT2D eigenvalue weighted by molar-refractivity contribution is -0.138. The van der Waals surface area contributed by atoms with Crippen LogP contribution in [0.3, 0.4) is 0 Å². The molecule has 1 aromatic carbocycles. The zero-order chi connectivity index (χ0) is 13.9. The van der Waals surface area contributed by atoms with Crippen molar-refractivity contribution in [1.82, 2.24) is 15.1 Å². The molecule has 3 rings (SSSR count). The van der Waals surface area contributed by atoms with Gasteiger partial charge in [-0.3, -0.25) is 9.69 Å². The van der Waals surface area contributed by atoms with Crippen LogP contribution in [0.15, 0.2) is 24.3 Å². The van der Waals surface area contributed by atoms with Crippen molar-refractivity contribution in [2.45, 2.75) is 19.4 Å². The first-order chi connectivity index (χ1) is 9.72. The molecule has 0 unspecified atom stereocenters. The van der Waals surface area contributed by atoms with Crippen LogP contribution in [-0.2, 0) is 11.2 Å². The summed E-state index contributed by atoms with van der Waals surface area (Å²) in [6.45, 7) is 8.27. The smallest absolute Gasteiger partial charge is 0.227 e. The highest BCUT2D eigenvalue weighted by molar-refractivity contribution is 5.79. The van der Waals surface area contributed by atoms with Gasteiger partial charge in [0.2, 0.25) is 5.91 Å². The van der Waals surface area contributed by atoms with Crippen molar-refractivity contribution in [2.75, 3.05) is 39.3 Å². The van der Waals surface area contributed by atoms with Crippen LogP contribution in [0.2, 0.25) is 0 Å². The summed E-state index contributed by atoms with van der Waals surface area (Å²) in [6.07, 6.45) is 0.536. The van der Waals surface area contributed by atoms with Gasteiger partial charge < -0.3 is 10.2 Å². The van der Waals surface area contributed by atoms with E-state index in [1.807, 2.05) is 4.90 Å². The maximum Gasteiger partial charge on any atom is 0.227 e. The zero-order valence-electron chi connectivity index (χ0n) is 12.1. The van der Waals surface area contributed by atoms with E-state index in [4.69, 9.17) is 0 Å². The number of carbonyl (C=O) groups is 1. The van der Waals surface area contributed by atoms with Crippen LogP contribution >= 0.6 is 0 Å². The zero-order valence-corrected chi connectivity index (χ0v) is 12.1. The number of nitrogens with one attached hydrogen (secondary N) is 1. The number of piperazine rings is 1. The fourth-order valence-electron chi connectivity index (χ4n) is 2.93. The second-order valence-corrected chi connectivity index (χ2v) is 5.90. The molecular weight excluding hydrogens is 250 g/mol. The molecule has 2 fully saturated rings. The molecule has 0 atom stereocenters. The second kappa shape index (κ2) is 5.94. The third-order valence-corrected chi connectivity index (χ3v) is 4.36. The van der Waals surface area contributed by atoms with Crippen LogP contribution in [0.25, 0.3) is 0 Å². The molecule has 108 valence electrons. The van der Waals surface area contributed by atoms with Crippen LogP contribution < -0.4 is 5.32 Å². The number of aryl methyl sites for hydroxylation is 1. The number of hydrogen-bond acceptors (Lipinski definition) is 3. The average molecular weight is 273 g/mol. The summed E-state index contributed by atoms with van der Waals surface area (Å²) in [7, 11) is 0. The maximum absolute atomic E-state index is 12.2. The van der Waals surface area contributed by atoms with Crippen LogP contribution in [0, 0.1) is 6.92 Å². The Morgan fingerprint density at radius 1 is 1.20 bits per heavy atom. The SMILES string of the molecule is Cc1ccc(CC(=O)N2CC(N3CCNCC3)C2)cc1. The molecule has 1 aromatic rings. The quantitative estimate of drug-likeness (QED) is 0.878. The molecule has 1 amide bonds. The van der Waals surface area contributed by atoms with Crippen LogP contribution in [0.5, 0.6) is 0 Å². The van der Waals surface area contributed by atoms with E-state index in [1.54, 1.807) is 0 Å². The Balaban J connectivity index is 1.47. The summed E-state index contributed by atoms with van der Waals surface area (Å²) in [6, 6.07) is 8.84. The first kappa shape index (κ1) is 13.6. The lowest BCUT2D eigenvalue weighted by atomic mass is 10.0. The van der Waals surface area contributed by atoms with Crippen LogP contribution in [0.4, 0.5) is 0 Å². The highest BCUT2D eigenvalue weighted by Crippen LogP contribution is 2.17. The van der Waals surface area contributed by atoms with Crippen LogP contribution in [0.1, 0.15) is 11.1 Å². The fraction of sp³-hybridized carbons (Fsp3) is 0.562. The Bertz CT molecular complexity index is 459. The van der Waals surface area contributed by atoms with Gasteiger partial charge in [-0.05, 0) is 12.5 Å². The molecule has 2 heterocycles. The lowest BCUT2D eigenvalue weighted by Crippen LogP contribution is -2.64. The molecule has 2 aliphatic heterocycles. The number of benzene rings is 1. The van der Waals surface area contributed by atoms with E-state index in [9.17, 15) is 4.79 Å². The van der Waals surface area contributed by atoms with Gasteiger partial charge in [0, 0.05) is 45.3 Å². The molecule has 2 saturated heterocycles. The highest BCUT2D eigenvalue weighted by Gasteiger charge is 2.34. The third-order valence-electron chi connectivity index (χ3n) is 4.36. The Labute approximate surface area is 120 Å². The van der Waals surface area contributed by atoms with Gasteiger partial charge in [-0.1, -0.05) is 29.8 Å². The normalized spacial score (nSPS) is 20.8. The van der Waals surface area contributed by atoms with Crippen molar-refractivity contribution in [2.24, 2.45) is 0 Å². The molecule has 20 heavy (non-hydrogen) atoms. The van der Waals surface area contributed by atoms with Gasteiger partial charge >= 0.3 is 0 Å². The molecule has 4 nitrogen and oxygen atoms in total. The Morgan fingerprint density at radius 3 is 2.50 bits per heavy atom. The van der Waals surface area contributed by atoms with E-state index in [0.29, 0.717) is 12.5 Å². The summed E-state index contributed by atoms with van der Waals surface area (Å²) >= 11 is 0. The van der Waals surface area contributed by atoms with Crippen molar-refractivity contribution in [1.29, 1.82) is 0 Å². The summed E-state index contributed by atoms with van der Waals surface area (Å²) in [5.74, 6) is 0.264. The second-order valence-electron chi connectivity index (χ2n) is 5.90. The molecule has 2 aliphatic rings. The summed E-state index contributed by atoms with van der Waals surface area (Å²) < 4.78 is 0. The first-order valence-electron chi connectivity index (χ1n) is 7.50. The van der Waals surface area contributed by atoms with Gasteiger partial charge in [0.15, 0.2) is 0 Å². The minimum absolute atomic E-state index is 0.264. The molecule has 0 bridgehead atoms. The lowest BCUT2D eigenvalue weighted by Gasteiger charge is -2.46. The molecule has 0 radical (unpaired) electrons. The van der Waals surface area contributed by atoms with Gasteiger partial charge in [0.1, 0.15) is 0 Å². The number of carbonyl (C=O) groups excluding carboxylic acids is 1. The average Bonchev–Trinajstić information content (AvgIpc) is 2.41. The van der Waals surface area contributed by atoms with Gasteiger partial charge in [0.05, 0.1) is 6.42 Å². The Kier molecular flexibility index (Phi) is 4.03. The molecule has 1 N–H and O–H groups in total. The molecule has 0 spiro atoms. The van der Waals surface area contributed by atoms with Crippen LogP contribution in [-0.4, -0.2) is 61.0 Å². The van der Waals surface area contributed by atoms with Crippen molar-refractivity contribution in [3.63, 3.8) is 0 Å². The molecule has 0 aliphatic carbocycles. The van der Waals surface area contributed by atoms with E-state index >= 15 is 0 Å². The first-order valence-corrected chi connectivity index (χ1v) is 7.50. The third kappa shape index (κ3) is 3.02. The molecule has 0 aromatic heterocycles. The van der Waals surface area contributed by atoms with Gasteiger partial charge in [-0.15, -0.1) is 0 Å². The topological polar surface area (TPSA) is 35.6 Å². The summed E-state index contributed by atoms with van der Waals surface area (Å²) in [5, 5.41) is 3.37. The molecule has 0 saturated carbocycles. The maximum atomic E-state index is 12.2. The number of nitrogens with zero attached hydrogens (tertiary/aromatic N) is 2. The fourth-order valence-corrected chi connectivity index (χ4v) is 2.93. The van der Waals surface area contributed by atoms with Crippen molar-refractivity contribution in [3.05, 3.63) is 35.4 Å². The number of rotatable bonds is 3. The van der Waals surface area contributed by atoms with Crippen molar-refractivity contribution >= 4 is 5.91 Å². The number of hydrogen-bond donors (Lipinski definition) is 1. The number of likely N-dealkylation sites (tertiary alicyclic amines) is 1. The highest BCUT2D eigenvalue weighted by atomic mass is 16.2. The standard InChI is InChI=1S/C16H23N3O/c1-13-2-4-14(5-3-13)10-16(20)19-11-15(12-19)18-8-6-17-7-9-18/h2-5,15,17H,6-12H2,1H3. The van der Waals surface area contributed by atoms with Crippen molar-refractivity contribution in [3.8, 4) is 0 Å². The molecule has 4 heteroatoms. The summed E-state index contributed by atoms with van der Waals surface area (Å²) in [4.78, 5) is 16.7. The predicted octanol–water partition coefficient (Wildman–Crippen LogP) is 0.654. The van der Waals surface area contributed by atoms with Gasteiger partial charge in [0.25, 0.3) is 0 Å². The molecular formula is C16H23N3O. The van der Waals surface area contributed by atoms with E-state index in [-0.39, 0.29) is 5.91 Å². The summed E-state index contributed by atoms with van der Waals surface area (Å²) in [5.41, 5.74) is 2.36. The predicted molar refractivity (Wildman–Crippen MR) is 79.7 cm³/mol. The Morgan fingerprint density at radius 2 is 1.85 bits per heavy atom. The van der Waals surface area contributed by atoms with E-state index in [2.05, 4.69) is 41.4 Å². The monoisotopic (exact) mass is 273 g/mol. The minimum Gasteiger partial charge on any atom is -0.339 e.